The van der Waals surface area contributed by atoms with E-state index in [0.29, 0.717) is 6.04 Å². The largest absolute Gasteiger partial charge is 0.335 e. The molecule has 64 valence electrons. The van der Waals surface area contributed by atoms with E-state index in [1.165, 1.54) is 17.3 Å². The molecule has 0 bridgehead atoms. The quantitative estimate of drug-likeness (QED) is 0.674. The van der Waals surface area contributed by atoms with Gasteiger partial charge in [-0.3, -0.25) is 4.57 Å². The van der Waals surface area contributed by atoms with Crippen molar-refractivity contribution in [3.63, 3.8) is 0 Å². The number of nitrogens with zero attached hydrogens (tertiary/aromatic N) is 2. The van der Waals surface area contributed by atoms with Crippen molar-refractivity contribution in [1.29, 1.82) is 0 Å². The average molecular weight is 165 g/mol. The predicted octanol–water partition coefficient (Wildman–Crippen LogP) is 0.993. The molecule has 1 aliphatic carbocycles. The third kappa shape index (κ3) is 1.32. The van der Waals surface area contributed by atoms with Crippen molar-refractivity contribution in [3.8, 4) is 0 Å². The second-order valence-corrected chi connectivity index (χ2v) is 3.05. The van der Waals surface area contributed by atoms with Gasteiger partial charge in [0.2, 0.25) is 0 Å². The van der Waals surface area contributed by atoms with Crippen molar-refractivity contribution in [2.75, 3.05) is 0 Å². The Morgan fingerprint density at radius 2 is 2.42 bits per heavy atom. The van der Waals surface area contributed by atoms with Crippen molar-refractivity contribution >= 4 is 6.03 Å². The average Bonchev–Trinajstić information content (AvgIpc) is 2.47. The number of rotatable bonds is 1. The van der Waals surface area contributed by atoms with Gasteiger partial charge in [0.05, 0.1) is 0 Å². The molecule has 1 amide bonds. The lowest BCUT2D eigenvalue weighted by Gasteiger charge is -2.26. The Morgan fingerprint density at radius 3 is 2.92 bits per heavy atom. The van der Waals surface area contributed by atoms with Crippen LogP contribution in [0.1, 0.15) is 19.3 Å². The van der Waals surface area contributed by atoms with Crippen molar-refractivity contribution in [2.24, 2.45) is 0 Å². The maximum Gasteiger partial charge on any atom is 0.327 e. The van der Waals surface area contributed by atoms with Crippen LogP contribution in [0.5, 0.6) is 0 Å². The Morgan fingerprint density at radius 1 is 1.58 bits per heavy atom. The smallest absolute Gasteiger partial charge is 0.327 e. The summed E-state index contributed by atoms with van der Waals surface area (Å²) in [5.41, 5.74) is 0. The number of nitrogens with one attached hydrogen (secondary N) is 1. The van der Waals surface area contributed by atoms with Gasteiger partial charge in [-0.25, -0.2) is 9.78 Å². The first-order valence-corrected chi connectivity index (χ1v) is 4.15. The van der Waals surface area contributed by atoms with Crippen LogP contribution in [-0.4, -0.2) is 21.6 Å². The van der Waals surface area contributed by atoms with E-state index in [9.17, 15) is 4.79 Å². The molecule has 0 spiro atoms. The summed E-state index contributed by atoms with van der Waals surface area (Å²) in [5, 5.41) is 2.90. The summed E-state index contributed by atoms with van der Waals surface area (Å²) in [4.78, 5) is 15.1. The Kier molecular flexibility index (Phi) is 1.81. The van der Waals surface area contributed by atoms with Crippen molar-refractivity contribution in [1.82, 2.24) is 14.9 Å². The van der Waals surface area contributed by atoms with Crippen LogP contribution in [0.4, 0.5) is 4.79 Å². The van der Waals surface area contributed by atoms with Gasteiger partial charge in [-0.1, -0.05) is 0 Å². The van der Waals surface area contributed by atoms with Crippen molar-refractivity contribution < 1.29 is 4.79 Å². The van der Waals surface area contributed by atoms with Crippen LogP contribution >= 0.6 is 0 Å². The van der Waals surface area contributed by atoms with Crippen LogP contribution in [0.15, 0.2) is 18.7 Å². The number of carbonyl (C=O) groups excluding carboxylic acids is 1. The number of amides is 1. The molecular weight excluding hydrogens is 154 g/mol. The fourth-order valence-corrected chi connectivity index (χ4v) is 1.18. The standard InChI is InChI=1S/C8H11N3O/c12-8(10-7-2-1-3-7)11-5-4-9-6-11/h4-7H,1-3H2,(H,10,12). The van der Waals surface area contributed by atoms with Gasteiger partial charge in [0, 0.05) is 18.4 Å². The van der Waals surface area contributed by atoms with E-state index in [4.69, 9.17) is 0 Å². The first-order chi connectivity index (χ1) is 5.86. The van der Waals surface area contributed by atoms with Gasteiger partial charge < -0.3 is 5.32 Å². The molecule has 0 unspecified atom stereocenters. The Labute approximate surface area is 70.6 Å². The second-order valence-electron chi connectivity index (χ2n) is 3.05. The normalized spacial score (nSPS) is 17.0. The molecule has 0 radical (unpaired) electrons. The van der Waals surface area contributed by atoms with Crippen LogP contribution in [0.3, 0.4) is 0 Å². The van der Waals surface area contributed by atoms with E-state index in [-0.39, 0.29) is 6.03 Å². The summed E-state index contributed by atoms with van der Waals surface area (Å²) in [6.45, 7) is 0. The molecule has 1 aromatic rings. The van der Waals surface area contributed by atoms with E-state index in [0.717, 1.165) is 12.8 Å². The first kappa shape index (κ1) is 7.34. The van der Waals surface area contributed by atoms with Gasteiger partial charge in [-0.15, -0.1) is 0 Å². The molecule has 4 heteroatoms. The fourth-order valence-electron chi connectivity index (χ4n) is 1.18. The highest BCUT2D eigenvalue weighted by Crippen LogP contribution is 2.17. The number of hydrogen-bond acceptors (Lipinski definition) is 2. The molecule has 1 heterocycles. The molecule has 4 nitrogen and oxygen atoms in total. The zero-order valence-corrected chi connectivity index (χ0v) is 6.73. The second kappa shape index (κ2) is 2.97. The molecule has 2 rings (SSSR count). The lowest BCUT2D eigenvalue weighted by molar-refractivity contribution is 0.230. The molecule has 0 aliphatic heterocycles. The highest BCUT2D eigenvalue weighted by molar-refractivity contribution is 5.76. The Hall–Kier alpha value is -1.32. The monoisotopic (exact) mass is 165 g/mol. The highest BCUT2D eigenvalue weighted by Gasteiger charge is 2.19. The zero-order chi connectivity index (χ0) is 8.39. The summed E-state index contributed by atoms with van der Waals surface area (Å²) in [6, 6.07) is 0.317. The van der Waals surface area contributed by atoms with Crippen LogP contribution in [-0.2, 0) is 0 Å². The molecule has 12 heavy (non-hydrogen) atoms. The van der Waals surface area contributed by atoms with Crippen molar-refractivity contribution in [3.05, 3.63) is 18.7 Å². The lowest BCUT2D eigenvalue weighted by Crippen LogP contribution is -2.41. The summed E-state index contributed by atoms with van der Waals surface area (Å²) in [5.74, 6) is 0. The number of carbonyl (C=O) groups is 1. The van der Waals surface area contributed by atoms with E-state index < -0.39 is 0 Å². The van der Waals surface area contributed by atoms with Gasteiger partial charge >= 0.3 is 6.03 Å². The summed E-state index contributed by atoms with van der Waals surface area (Å²) in [6.07, 6.45) is 8.21. The van der Waals surface area contributed by atoms with Gasteiger partial charge in [0.15, 0.2) is 0 Å². The van der Waals surface area contributed by atoms with Gasteiger partial charge in [0.25, 0.3) is 0 Å². The zero-order valence-electron chi connectivity index (χ0n) is 6.73. The topological polar surface area (TPSA) is 46.9 Å². The molecule has 1 saturated carbocycles. The molecule has 0 saturated heterocycles. The maximum atomic E-state index is 11.3. The molecule has 1 N–H and O–H groups in total. The molecule has 1 aliphatic rings. The maximum absolute atomic E-state index is 11.3. The highest BCUT2D eigenvalue weighted by atomic mass is 16.2. The van der Waals surface area contributed by atoms with Gasteiger partial charge in [-0.05, 0) is 19.3 Å². The van der Waals surface area contributed by atoms with Crippen LogP contribution < -0.4 is 5.32 Å². The number of aromatic nitrogens is 2. The minimum Gasteiger partial charge on any atom is -0.335 e. The minimum atomic E-state index is -0.0720. The molecular formula is C8H11N3O. The Balaban J connectivity index is 1.92. The van der Waals surface area contributed by atoms with Crippen LogP contribution in [0, 0.1) is 0 Å². The molecule has 0 atom stereocenters. The SMILES string of the molecule is O=C(NC1CCC1)n1ccnc1. The third-order valence-electron chi connectivity index (χ3n) is 2.17. The first-order valence-electron chi connectivity index (χ1n) is 4.15. The number of imidazole rings is 1. The van der Waals surface area contributed by atoms with E-state index >= 15 is 0 Å². The van der Waals surface area contributed by atoms with Crippen LogP contribution in [0.2, 0.25) is 0 Å². The molecule has 0 aromatic carbocycles. The minimum absolute atomic E-state index is 0.0720. The fraction of sp³-hybridized carbons (Fsp3) is 0.500. The predicted molar refractivity (Wildman–Crippen MR) is 43.8 cm³/mol. The van der Waals surface area contributed by atoms with Gasteiger partial charge in [-0.2, -0.15) is 0 Å². The summed E-state index contributed by atoms with van der Waals surface area (Å²) in [7, 11) is 0. The Bertz CT molecular complexity index is 264. The van der Waals surface area contributed by atoms with Crippen molar-refractivity contribution in [2.45, 2.75) is 25.3 Å². The third-order valence-corrected chi connectivity index (χ3v) is 2.17. The lowest BCUT2D eigenvalue weighted by atomic mass is 9.93. The molecule has 1 aromatic heterocycles. The van der Waals surface area contributed by atoms with Gasteiger partial charge in [0.1, 0.15) is 6.33 Å². The number of hydrogen-bond donors (Lipinski definition) is 1. The van der Waals surface area contributed by atoms with Crippen LogP contribution in [0.25, 0.3) is 0 Å². The summed E-state index contributed by atoms with van der Waals surface area (Å²) >= 11 is 0. The van der Waals surface area contributed by atoms with E-state index in [1.54, 1.807) is 12.4 Å². The summed E-state index contributed by atoms with van der Waals surface area (Å²) < 4.78 is 1.46. The van der Waals surface area contributed by atoms with E-state index in [2.05, 4.69) is 10.3 Å². The van der Waals surface area contributed by atoms with E-state index in [1.807, 2.05) is 0 Å². The molecule has 1 fully saturated rings.